The molecule has 0 aliphatic carbocycles. The maximum Gasteiger partial charge on any atom is 0.188 e. The quantitative estimate of drug-likeness (QED) is 0.815. The van der Waals surface area contributed by atoms with Crippen molar-refractivity contribution in [3.05, 3.63) is 59.2 Å². The van der Waals surface area contributed by atoms with Gasteiger partial charge in [0, 0.05) is 17.7 Å². The Hall–Kier alpha value is -2.07. The van der Waals surface area contributed by atoms with Crippen molar-refractivity contribution in [1.29, 1.82) is 0 Å². The third kappa shape index (κ3) is 2.37. The van der Waals surface area contributed by atoms with E-state index in [1.165, 1.54) is 16.7 Å². The van der Waals surface area contributed by atoms with E-state index in [2.05, 4.69) is 73.5 Å². The maximum atomic E-state index is 6.44. The van der Waals surface area contributed by atoms with Gasteiger partial charge in [-0.1, -0.05) is 36.8 Å². The predicted molar refractivity (Wildman–Crippen MR) is 102 cm³/mol. The average Bonchev–Trinajstić information content (AvgIpc) is 2.55. The van der Waals surface area contributed by atoms with Crippen molar-refractivity contribution in [3.8, 4) is 5.75 Å². The number of thiocarbonyl (C=S) groups is 1. The first-order valence-electron chi connectivity index (χ1n) is 8.49. The smallest absolute Gasteiger partial charge is 0.188 e. The van der Waals surface area contributed by atoms with Crippen LogP contribution in [0.1, 0.15) is 43.0 Å². The van der Waals surface area contributed by atoms with Gasteiger partial charge in [0.25, 0.3) is 0 Å². The van der Waals surface area contributed by atoms with Crippen LogP contribution in [0.5, 0.6) is 5.75 Å². The van der Waals surface area contributed by atoms with Gasteiger partial charge >= 0.3 is 0 Å². The van der Waals surface area contributed by atoms with Crippen LogP contribution in [0.25, 0.3) is 0 Å². The molecule has 2 heterocycles. The van der Waals surface area contributed by atoms with E-state index in [0.29, 0.717) is 0 Å². The van der Waals surface area contributed by atoms with Gasteiger partial charge in [-0.25, -0.2) is 0 Å². The Balaban J connectivity index is 1.76. The van der Waals surface area contributed by atoms with Crippen molar-refractivity contribution in [2.24, 2.45) is 0 Å². The van der Waals surface area contributed by atoms with Gasteiger partial charge in [0.05, 0.1) is 6.04 Å². The van der Waals surface area contributed by atoms with Gasteiger partial charge in [0.15, 0.2) is 10.8 Å². The molecular weight excluding hydrogens is 316 g/mol. The molecule has 24 heavy (non-hydrogen) atoms. The van der Waals surface area contributed by atoms with Crippen LogP contribution in [-0.4, -0.2) is 10.8 Å². The second kappa shape index (κ2) is 5.49. The summed E-state index contributed by atoms with van der Waals surface area (Å²) in [5, 5.41) is 4.24. The Labute approximate surface area is 148 Å². The largest absolute Gasteiger partial charge is 0.467 e. The minimum atomic E-state index is -0.469. The monoisotopic (exact) mass is 338 g/mol. The number of benzene rings is 2. The number of aryl methyl sites for hydroxylation is 2. The molecule has 124 valence electrons. The molecule has 0 saturated carbocycles. The fraction of sp³-hybridized carbons (Fsp3) is 0.350. The first-order valence-corrected chi connectivity index (χ1v) is 8.90. The lowest BCUT2D eigenvalue weighted by molar-refractivity contribution is 0.0497. The van der Waals surface area contributed by atoms with Crippen molar-refractivity contribution in [1.82, 2.24) is 5.32 Å². The Kier molecular flexibility index (Phi) is 3.53. The number of ether oxygens (including phenoxy) is 1. The molecule has 0 aromatic heterocycles. The van der Waals surface area contributed by atoms with E-state index in [4.69, 9.17) is 17.0 Å². The number of rotatable bonds is 2. The van der Waals surface area contributed by atoms with E-state index in [9.17, 15) is 0 Å². The van der Waals surface area contributed by atoms with Crippen LogP contribution in [-0.2, 0) is 6.42 Å². The molecule has 2 aromatic rings. The summed E-state index contributed by atoms with van der Waals surface area (Å²) in [6, 6.07) is 15.2. The highest BCUT2D eigenvalue weighted by Gasteiger charge is 2.48. The summed E-state index contributed by atoms with van der Waals surface area (Å²) in [6.45, 7) is 6.40. The highest BCUT2D eigenvalue weighted by molar-refractivity contribution is 7.80. The average molecular weight is 338 g/mol. The molecule has 4 heteroatoms. The van der Waals surface area contributed by atoms with Crippen LogP contribution in [0.4, 0.5) is 5.69 Å². The molecule has 2 aromatic carbocycles. The van der Waals surface area contributed by atoms with Crippen LogP contribution >= 0.6 is 12.2 Å². The van der Waals surface area contributed by atoms with Gasteiger partial charge in [-0.15, -0.1) is 0 Å². The first-order chi connectivity index (χ1) is 11.5. The molecule has 0 amide bonds. The molecule has 0 radical (unpaired) electrons. The Morgan fingerprint density at radius 2 is 2.00 bits per heavy atom. The van der Waals surface area contributed by atoms with Gasteiger partial charge in [-0.3, -0.25) is 4.90 Å². The molecule has 4 rings (SSSR count). The number of nitrogens with zero attached hydrogens (tertiary/aromatic N) is 1. The second-order valence-corrected chi connectivity index (χ2v) is 7.27. The molecule has 2 bridgehead atoms. The Bertz CT molecular complexity index is 802. The molecule has 2 aliphatic rings. The van der Waals surface area contributed by atoms with E-state index in [0.717, 1.165) is 29.4 Å². The van der Waals surface area contributed by atoms with Gasteiger partial charge in [-0.05, 0) is 56.2 Å². The van der Waals surface area contributed by atoms with E-state index in [1.54, 1.807) is 0 Å². The van der Waals surface area contributed by atoms with Crippen LogP contribution in [0.15, 0.2) is 42.5 Å². The summed E-state index contributed by atoms with van der Waals surface area (Å²) in [4.78, 5) is 2.11. The maximum absolute atomic E-state index is 6.44. The summed E-state index contributed by atoms with van der Waals surface area (Å²) in [7, 11) is 0. The second-order valence-electron chi connectivity index (χ2n) is 6.88. The Morgan fingerprint density at radius 1 is 1.25 bits per heavy atom. The van der Waals surface area contributed by atoms with Crippen LogP contribution in [0.2, 0.25) is 0 Å². The molecular formula is C20H22N2OS. The van der Waals surface area contributed by atoms with Crippen molar-refractivity contribution in [2.45, 2.75) is 45.4 Å². The summed E-state index contributed by atoms with van der Waals surface area (Å²) < 4.78 is 6.44. The first kappa shape index (κ1) is 15.5. The number of fused-ring (bicyclic) bond motifs is 4. The van der Waals surface area contributed by atoms with Gasteiger partial charge < -0.3 is 10.1 Å². The van der Waals surface area contributed by atoms with Gasteiger partial charge in [0.2, 0.25) is 0 Å². The van der Waals surface area contributed by atoms with E-state index in [-0.39, 0.29) is 6.04 Å². The molecule has 1 fully saturated rings. The highest BCUT2D eigenvalue weighted by atomic mass is 32.1. The molecule has 3 nitrogen and oxygen atoms in total. The lowest BCUT2D eigenvalue weighted by atomic mass is 9.89. The lowest BCUT2D eigenvalue weighted by Crippen LogP contribution is -2.65. The summed E-state index contributed by atoms with van der Waals surface area (Å²) >= 11 is 5.69. The third-order valence-corrected chi connectivity index (χ3v) is 5.33. The molecule has 0 spiro atoms. The fourth-order valence-corrected chi connectivity index (χ4v) is 4.21. The standard InChI is InChI=1S/C20H22N2OS/c1-4-14-6-8-15(9-7-14)22-19(24)21-17-12-20(22,3)23-18-10-5-13(2)11-16(17)18/h5-11,17H,4,12H2,1-3H3,(H,21,24). The number of hydrogen-bond acceptors (Lipinski definition) is 2. The van der Waals surface area contributed by atoms with Crippen LogP contribution < -0.4 is 15.0 Å². The number of anilines is 1. The van der Waals surface area contributed by atoms with Gasteiger partial charge in [-0.2, -0.15) is 0 Å². The third-order valence-electron chi connectivity index (χ3n) is 5.03. The van der Waals surface area contributed by atoms with E-state index < -0.39 is 5.72 Å². The number of hydrogen-bond donors (Lipinski definition) is 1. The SMILES string of the molecule is CCc1ccc(N2C(=S)NC3CC2(C)Oc2ccc(C)cc23)cc1. The molecule has 2 aliphatic heterocycles. The Morgan fingerprint density at radius 3 is 2.71 bits per heavy atom. The van der Waals surface area contributed by atoms with Crippen molar-refractivity contribution >= 4 is 23.0 Å². The zero-order valence-corrected chi connectivity index (χ0v) is 15.1. The minimum Gasteiger partial charge on any atom is -0.467 e. The number of nitrogens with one attached hydrogen (secondary N) is 1. The van der Waals surface area contributed by atoms with Crippen LogP contribution in [0, 0.1) is 6.92 Å². The van der Waals surface area contributed by atoms with Crippen LogP contribution in [0.3, 0.4) is 0 Å². The predicted octanol–water partition coefficient (Wildman–Crippen LogP) is 4.49. The van der Waals surface area contributed by atoms with Gasteiger partial charge in [0.1, 0.15) is 5.75 Å². The summed E-state index contributed by atoms with van der Waals surface area (Å²) in [6.07, 6.45) is 1.89. The highest BCUT2D eigenvalue weighted by Crippen LogP contribution is 2.45. The zero-order chi connectivity index (χ0) is 16.9. The minimum absolute atomic E-state index is 0.206. The van der Waals surface area contributed by atoms with Crippen molar-refractivity contribution in [3.63, 3.8) is 0 Å². The lowest BCUT2D eigenvalue weighted by Gasteiger charge is -2.52. The zero-order valence-electron chi connectivity index (χ0n) is 14.3. The normalized spacial score (nSPS) is 24.9. The molecule has 2 atom stereocenters. The van der Waals surface area contributed by atoms with Crippen molar-refractivity contribution < 1.29 is 4.74 Å². The van der Waals surface area contributed by atoms with E-state index in [1.807, 2.05) is 0 Å². The summed E-state index contributed by atoms with van der Waals surface area (Å²) in [5.74, 6) is 0.949. The summed E-state index contributed by atoms with van der Waals surface area (Å²) in [5.41, 5.74) is 4.37. The molecule has 2 unspecified atom stereocenters. The fourth-order valence-electron chi connectivity index (χ4n) is 3.77. The topological polar surface area (TPSA) is 24.5 Å². The molecule has 1 N–H and O–H groups in total. The van der Waals surface area contributed by atoms with E-state index >= 15 is 0 Å². The molecule has 1 saturated heterocycles. The van der Waals surface area contributed by atoms with Crippen molar-refractivity contribution in [2.75, 3.05) is 4.90 Å².